The fourth-order valence-electron chi connectivity index (χ4n) is 1.70. The van der Waals surface area contributed by atoms with Crippen molar-refractivity contribution in [2.45, 2.75) is 26.8 Å². The smallest absolute Gasteiger partial charge is 0.409 e. The van der Waals surface area contributed by atoms with Crippen LogP contribution < -0.4 is 11.3 Å². The Bertz CT molecular complexity index is 637. The number of hydrogen-bond donors (Lipinski definition) is 0. The van der Waals surface area contributed by atoms with Gasteiger partial charge in [-0.05, 0) is 31.0 Å². The third kappa shape index (κ3) is 1.56. The Morgan fingerprint density at radius 2 is 2.00 bits per heavy atom. The molecule has 0 bridgehead atoms. The molecule has 0 aliphatic heterocycles. The van der Waals surface area contributed by atoms with Crippen LogP contribution in [0, 0.1) is 0 Å². The quantitative estimate of drug-likeness (QED) is 0.769. The highest BCUT2D eigenvalue weighted by Gasteiger charge is 2.08. The average Bonchev–Trinajstić information content (AvgIpc) is 2.28. The maximum Gasteiger partial charge on any atom is 0.422 e. The summed E-state index contributed by atoms with van der Waals surface area (Å²) < 4.78 is 6.21. The van der Waals surface area contributed by atoms with E-state index in [1.807, 2.05) is 13.0 Å². The predicted molar refractivity (Wildman–Crippen MR) is 61.8 cm³/mol. The van der Waals surface area contributed by atoms with Gasteiger partial charge < -0.3 is 4.42 Å². The van der Waals surface area contributed by atoms with E-state index in [1.165, 1.54) is 0 Å². The van der Waals surface area contributed by atoms with E-state index in [0.717, 1.165) is 16.6 Å². The van der Waals surface area contributed by atoms with Crippen LogP contribution in [0.5, 0.6) is 0 Å². The van der Waals surface area contributed by atoms with Gasteiger partial charge in [-0.1, -0.05) is 13.0 Å². The number of benzene rings is 1. The SMILES string of the molecule is CCc1ccc2c(=O)n(CC)c(=O)oc2c1. The molecular weight excluding hydrogens is 206 g/mol. The lowest BCUT2D eigenvalue weighted by Crippen LogP contribution is -2.31. The summed E-state index contributed by atoms with van der Waals surface area (Å²) in [7, 11) is 0. The summed E-state index contributed by atoms with van der Waals surface area (Å²) in [4.78, 5) is 23.4. The molecule has 1 aromatic carbocycles. The van der Waals surface area contributed by atoms with Gasteiger partial charge in [0.1, 0.15) is 5.58 Å². The molecule has 4 heteroatoms. The van der Waals surface area contributed by atoms with E-state index >= 15 is 0 Å². The molecule has 84 valence electrons. The van der Waals surface area contributed by atoms with Crippen molar-refractivity contribution in [2.24, 2.45) is 0 Å². The van der Waals surface area contributed by atoms with Gasteiger partial charge in [0.25, 0.3) is 5.56 Å². The van der Waals surface area contributed by atoms with E-state index < -0.39 is 5.76 Å². The molecule has 4 nitrogen and oxygen atoms in total. The van der Waals surface area contributed by atoms with E-state index in [2.05, 4.69) is 0 Å². The highest BCUT2D eigenvalue weighted by Crippen LogP contribution is 2.11. The number of hydrogen-bond acceptors (Lipinski definition) is 3. The van der Waals surface area contributed by atoms with Gasteiger partial charge in [-0.3, -0.25) is 4.79 Å². The molecule has 0 saturated carbocycles. The molecule has 0 N–H and O–H groups in total. The van der Waals surface area contributed by atoms with Crippen LogP contribution in [0.1, 0.15) is 19.4 Å². The van der Waals surface area contributed by atoms with Gasteiger partial charge >= 0.3 is 5.76 Å². The molecule has 0 fully saturated rings. The summed E-state index contributed by atoms with van der Waals surface area (Å²) in [5.41, 5.74) is 1.14. The molecule has 0 spiro atoms. The zero-order valence-corrected chi connectivity index (χ0v) is 9.32. The van der Waals surface area contributed by atoms with Crippen molar-refractivity contribution < 1.29 is 4.42 Å². The minimum absolute atomic E-state index is 0.281. The largest absolute Gasteiger partial charge is 0.422 e. The summed E-state index contributed by atoms with van der Waals surface area (Å²) >= 11 is 0. The minimum Gasteiger partial charge on any atom is -0.409 e. The zero-order chi connectivity index (χ0) is 11.7. The standard InChI is InChI=1S/C12H13NO3/c1-3-8-5-6-9-10(7-8)16-12(15)13(4-2)11(9)14/h5-7H,3-4H2,1-2H3. The van der Waals surface area contributed by atoms with Crippen LogP contribution >= 0.6 is 0 Å². The fraction of sp³-hybridized carbons (Fsp3) is 0.333. The molecule has 0 atom stereocenters. The van der Waals surface area contributed by atoms with Crippen molar-refractivity contribution in [1.29, 1.82) is 0 Å². The molecule has 0 saturated heterocycles. The third-order valence-corrected chi connectivity index (χ3v) is 2.66. The highest BCUT2D eigenvalue weighted by atomic mass is 16.4. The summed E-state index contributed by atoms with van der Waals surface area (Å²) in [5.74, 6) is -0.590. The van der Waals surface area contributed by atoms with Gasteiger partial charge in [0.2, 0.25) is 0 Å². The predicted octanol–water partition coefficient (Wildman–Crippen LogP) is 1.54. The maximum absolute atomic E-state index is 11.9. The number of aryl methyl sites for hydroxylation is 1. The lowest BCUT2D eigenvalue weighted by molar-refractivity contribution is 0.465. The second kappa shape index (κ2) is 3.96. The molecule has 0 aliphatic carbocycles. The molecule has 16 heavy (non-hydrogen) atoms. The van der Waals surface area contributed by atoms with Gasteiger partial charge in [0, 0.05) is 6.54 Å². The van der Waals surface area contributed by atoms with Gasteiger partial charge in [0.15, 0.2) is 0 Å². The van der Waals surface area contributed by atoms with Crippen molar-refractivity contribution in [3.8, 4) is 0 Å². The number of rotatable bonds is 2. The Hall–Kier alpha value is -1.84. The van der Waals surface area contributed by atoms with Gasteiger partial charge in [-0.15, -0.1) is 0 Å². The zero-order valence-electron chi connectivity index (χ0n) is 9.32. The monoisotopic (exact) mass is 219 g/mol. The molecule has 0 unspecified atom stereocenters. The Balaban J connectivity index is 2.87. The van der Waals surface area contributed by atoms with E-state index in [0.29, 0.717) is 17.5 Å². The van der Waals surface area contributed by atoms with E-state index in [9.17, 15) is 9.59 Å². The van der Waals surface area contributed by atoms with Gasteiger partial charge in [-0.2, -0.15) is 0 Å². The first-order valence-electron chi connectivity index (χ1n) is 5.34. The summed E-state index contributed by atoms with van der Waals surface area (Å²) in [6, 6.07) is 5.34. The third-order valence-electron chi connectivity index (χ3n) is 2.66. The Kier molecular flexibility index (Phi) is 2.64. The first-order chi connectivity index (χ1) is 7.67. The van der Waals surface area contributed by atoms with Crippen molar-refractivity contribution in [3.05, 3.63) is 44.7 Å². The van der Waals surface area contributed by atoms with Crippen LogP contribution in [0.3, 0.4) is 0 Å². The van der Waals surface area contributed by atoms with Crippen molar-refractivity contribution in [3.63, 3.8) is 0 Å². The lowest BCUT2D eigenvalue weighted by Gasteiger charge is -2.03. The molecule has 0 amide bonds. The Morgan fingerprint density at radius 1 is 1.25 bits per heavy atom. The number of fused-ring (bicyclic) bond motifs is 1. The first-order valence-corrected chi connectivity index (χ1v) is 5.34. The average molecular weight is 219 g/mol. The lowest BCUT2D eigenvalue weighted by atomic mass is 10.1. The highest BCUT2D eigenvalue weighted by molar-refractivity contribution is 5.76. The van der Waals surface area contributed by atoms with Gasteiger partial charge in [-0.25, -0.2) is 9.36 Å². The Morgan fingerprint density at radius 3 is 2.62 bits per heavy atom. The molecule has 0 radical (unpaired) electrons. The van der Waals surface area contributed by atoms with Crippen molar-refractivity contribution >= 4 is 11.0 Å². The number of aromatic nitrogens is 1. The van der Waals surface area contributed by atoms with Crippen LogP contribution in [0.2, 0.25) is 0 Å². The molecule has 1 aromatic heterocycles. The summed E-state index contributed by atoms with van der Waals surface area (Å²) in [6.45, 7) is 4.07. The summed E-state index contributed by atoms with van der Waals surface area (Å²) in [6.07, 6.45) is 0.844. The van der Waals surface area contributed by atoms with E-state index in [1.54, 1.807) is 19.1 Å². The topological polar surface area (TPSA) is 52.2 Å². The van der Waals surface area contributed by atoms with Crippen LogP contribution in [-0.4, -0.2) is 4.57 Å². The normalized spacial score (nSPS) is 10.9. The van der Waals surface area contributed by atoms with Crippen LogP contribution in [-0.2, 0) is 13.0 Å². The van der Waals surface area contributed by atoms with Crippen LogP contribution in [0.15, 0.2) is 32.2 Å². The van der Waals surface area contributed by atoms with Gasteiger partial charge in [0.05, 0.1) is 5.39 Å². The second-order valence-corrected chi connectivity index (χ2v) is 3.60. The second-order valence-electron chi connectivity index (χ2n) is 3.60. The molecular formula is C12H13NO3. The molecule has 2 rings (SSSR count). The van der Waals surface area contributed by atoms with Crippen LogP contribution in [0.25, 0.3) is 11.0 Å². The number of nitrogens with zero attached hydrogens (tertiary/aromatic N) is 1. The minimum atomic E-state index is -0.590. The molecule has 2 aromatic rings. The molecule has 1 heterocycles. The van der Waals surface area contributed by atoms with Crippen molar-refractivity contribution in [2.75, 3.05) is 0 Å². The van der Waals surface area contributed by atoms with Crippen molar-refractivity contribution in [1.82, 2.24) is 4.57 Å². The van der Waals surface area contributed by atoms with E-state index in [-0.39, 0.29) is 5.56 Å². The first kappa shape index (κ1) is 10.7. The molecule has 0 aliphatic rings. The Labute approximate surface area is 92.1 Å². The van der Waals surface area contributed by atoms with Crippen LogP contribution in [0.4, 0.5) is 0 Å². The maximum atomic E-state index is 11.9. The van der Waals surface area contributed by atoms with E-state index in [4.69, 9.17) is 4.42 Å². The fourth-order valence-corrected chi connectivity index (χ4v) is 1.70. The summed E-state index contributed by atoms with van der Waals surface area (Å²) in [5, 5.41) is 0.457.